The van der Waals surface area contributed by atoms with Gasteiger partial charge in [0.05, 0.1) is 37.9 Å². The Hall–Kier alpha value is -4.08. The average molecular weight is 571 g/mol. The molecule has 0 aliphatic carbocycles. The summed E-state index contributed by atoms with van der Waals surface area (Å²) in [5, 5.41) is 19.0. The highest BCUT2D eigenvalue weighted by molar-refractivity contribution is 6.04. The number of carbonyl (C=O) groups is 4. The van der Waals surface area contributed by atoms with Crippen molar-refractivity contribution >= 4 is 23.5 Å². The zero-order valence-electron chi connectivity index (χ0n) is 24.0. The molecule has 2 aromatic rings. The molecule has 10 heteroatoms. The SMILES string of the molecule is CCCc1c(OCCCOc2ccc3c(c2CCC)OC(CCC(=O)O)(C(=O)O)CC3=O)ccc(C(C)=O)c1OC. The van der Waals surface area contributed by atoms with Crippen LogP contribution in [0.2, 0.25) is 0 Å². The summed E-state index contributed by atoms with van der Waals surface area (Å²) in [4.78, 5) is 48.3. The molecule has 1 unspecified atom stereocenters. The average Bonchev–Trinajstić information content (AvgIpc) is 2.93. The van der Waals surface area contributed by atoms with Gasteiger partial charge in [-0.05, 0) is 44.0 Å². The van der Waals surface area contributed by atoms with E-state index in [9.17, 15) is 24.3 Å². The maximum atomic E-state index is 13.0. The van der Waals surface area contributed by atoms with E-state index in [1.807, 2.05) is 13.8 Å². The van der Waals surface area contributed by atoms with Crippen molar-refractivity contribution in [1.82, 2.24) is 0 Å². The largest absolute Gasteiger partial charge is 0.496 e. The first-order valence-electron chi connectivity index (χ1n) is 13.9. The summed E-state index contributed by atoms with van der Waals surface area (Å²) >= 11 is 0. The first-order chi connectivity index (χ1) is 19.6. The van der Waals surface area contributed by atoms with E-state index in [0.29, 0.717) is 60.7 Å². The van der Waals surface area contributed by atoms with Crippen molar-refractivity contribution in [2.75, 3.05) is 20.3 Å². The molecule has 222 valence electrons. The molecule has 0 saturated carbocycles. The van der Waals surface area contributed by atoms with E-state index < -0.39 is 36.2 Å². The van der Waals surface area contributed by atoms with Gasteiger partial charge in [-0.3, -0.25) is 14.4 Å². The minimum atomic E-state index is -1.95. The Morgan fingerprint density at radius 3 is 2.12 bits per heavy atom. The van der Waals surface area contributed by atoms with Crippen molar-refractivity contribution in [3.8, 4) is 23.0 Å². The van der Waals surface area contributed by atoms with Crippen LogP contribution in [0, 0.1) is 0 Å². The minimum absolute atomic E-state index is 0.0831. The second-order valence-electron chi connectivity index (χ2n) is 10.0. The normalized spacial score (nSPS) is 16.0. The number of ether oxygens (including phenoxy) is 4. The monoisotopic (exact) mass is 570 g/mol. The van der Waals surface area contributed by atoms with Crippen molar-refractivity contribution in [1.29, 1.82) is 0 Å². The van der Waals surface area contributed by atoms with Gasteiger partial charge in [0.15, 0.2) is 11.6 Å². The van der Waals surface area contributed by atoms with Gasteiger partial charge in [-0.25, -0.2) is 4.79 Å². The van der Waals surface area contributed by atoms with Gasteiger partial charge in [0, 0.05) is 30.4 Å². The summed E-state index contributed by atoms with van der Waals surface area (Å²) in [5.41, 5.74) is 0.248. The lowest BCUT2D eigenvalue weighted by atomic mass is 9.85. The lowest BCUT2D eigenvalue weighted by Gasteiger charge is -2.35. The Balaban J connectivity index is 1.76. The third kappa shape index (κ3) is 7.17. The summed E-state index contributed by atoms with van der Waals surface area (Å²) in [6.07, 6.45) is 1.98. The standard InChI is InChI=1S/C31H38O10/c1-5-8-22-25(12-10-20(19(3)32)28(22)38-4)39-16-7-17-40-26-13-11-21-24(33)18-31(30(36)37,15-14-27(34)35)41-29(21)23(26)9-6-2/h10-13H,5-9,14-18H2,1-4H3,(H,34,35)(H,36,37). The van der Waals surface area contributed by atoms with Gasteiger partial charge in [-0.1, -0.05) is 26.7 Å². The Bertz CT molecular complexity index is 1300. The molecule has 1 aliphatic rings. The number of carboxylic acids is 2. The third-order valence-corrected chi connectivity index (χ3v) is 7.00. The molecular formula is C31H38O10. The maximum absolute atomic E-state index is 13.0. The zero-order chi connectivity index (χ0) is 30.2. The number of fused-ring (bicyclic) bond motifs is 1. The lowest BCUT2D eigenvalue weighted by molar-refractivity contribution is -0.157. The van der Waals surface area contributed by atoms with Gasteiger partial charge >= 0.3 is 11.9 Å². The summed E-state index contributed by atoms with van der Waals surface area (Å²) < 4.78 is 23.6. The van der Waals surface area contributed by atoms with Crippen molar-refractivity contribution in [2.24, 2.45) is 0 Å². The molecule has 41 heavy (non-hydrogen) atoms. The zero-order valence-corrected chi connectivity index (χ0v) is 24.0. The number of benzene rings is 2. The number of carboxylic acid groups (broad SMARTS) is 2. The predicted molar refractivity (Wildman–Crippen MR) is 150 cm³/mol. The van der Waals surface area contributed by atoms with Gasteiger partial charge in [-0.15, -0.1) is 0 Å². The van der Waals surface area contributed by atoms with E-state index in [1.165, 1.54) is 14.0 Å². The molecule has 1 heterocycles. The first-order valence-corrected chi connectivity index (χ1v) is 13.9. The lowest BCUT2D eigenvalue weighted by Crippen LogP contribution is -2.49. The maximum Gasteiger partial charge on any atom is 0.348 e. The highest BCUT2D eigenvalue weighted by Crippen LogP contribution is 2.43. The molecule has 2 aromatic carbocycles. The predicted octanol–water partition coefficient (Wildman–Crippen LogP) is 5.30. The van der Waals surface area contributed by atoms with E-state index in [1.54, 1.807) is 24.3 Å². The molecule has 10 nitrogen and oxygen atoms in total. The fourth-order valence-electron chi connectivity index (χ4n) is 4.99. The number of aliphatic carboxylic acids is 2. The van der Waals surface area contributed by atoms with Crippen molar-refractivity contribution in [3.63, 3.8) is 0 Å². The molecular weight excluding hydrogens is 532 g/mol. The molecule has 0 aromatic heterocycles. The fraction of sp³-hybridized carbons (Fsp3) is 0.484. The van der Waals surface area contributed by atoms with Crippen LogP contribution >= 0.6 is 0 Å². The molecule has 1 aliphatic heterocycles. The molecule has 1 atom stereocenters. The van der Waals surface area contributed by atoms with E-state index in [4.69, 9.17) is 24.1 Å². The van der Waals surface area contributed by atoms with Crippen molar-refractivity contribution in [2.45, 2.75) is 77.7 Å². The number of methoxy groups -OCH3 is 1. The summed E-state index contributed by atoms with van der Waals surface area (Å²) in [6, 6.07) is 6.72. The summed E-state index contributed by atoms with van der Waals surface area (Å²) in [7, 11) is 1.54. The molecule has 0 radical (unpaired) electrons. The van der Waals surface area contributed by atoms with E-state index in [2.05, 4.69) is 0 Å². The molecule has 2 N–H and O–H groups in total. The van der Waals surface area contributed by atoms with Gasteiger partial charge < -0.3 is 29.2 Å². The smallest absolute Gasteiger partial charge is 0.348 e. The van der Waals surface area contributed by atoms with Gasteiger partial charge in [0.25, 0.3) is 0 Å². The Morgan fingerprint density at radius 1 is 0.951 bits per heavy atom. The highest BCUT2D eigenvalue weighted by Gasteiger charge is 2.48. The summed E-state index contributed by atoms with van der Waals surface area (Å²) in [6.45, 7) is 6.08. The van der Waals surface area contributed by atoms with Gasteiger partial charge in [0.2, 0.25) is 5.60 Å². The first kappa shape index (κ1) is 31.4. The van der Waals surface area contributed by atoms with Crippen LogP contribution in [0.15, 0.2) is 24.3 Å². The number of hydrogen-bond acceptors (Lipinski definition) is 8. The molecule has 0 saturated heterocycles. The second kappa shape index (κ2) is 14.0. The number of Topliss-reactive ketones (excluding diaryl/α,β-unsaturated/α-hetero) is 2. The van der Waals surface area contributed by atoms with Gasteiger partial charge in [0.1, 0.15) is 23.0 Å². The van der Waals surface area contributed by atoms with E-state index in [-0.39, 0.29) is 30.1 Å². The molecule has 0 bridgehead atoms. The quantitative estimate of drug-likeness (QED) is 0.201. The Labute approximate surface area is 239 Å². The molecule has 0 amide bonds. The number of carbonyl (C=O) groups excluding carboxylic acids is 2. The van der Waals surface area contributed by atoms with Gasteiger partial charge in [-0.2, -0.15) is 0 Å². The van der Waals surface area contributed by atoms with Crippen LogP contribution < -0.4 is 18.9 Å². The molecule has 3 rings (SSSR count). The van der Waals surface area contributed by atoms with Crippen molar-refractivity contribution in [3.05, 3.63) is 46.5 Å². The van der Waals surface area contributed by atoms with E-state index >= 15 is 0 Å². The molecule has 0 fully saturated rings. The number of hydrogen-bond donors (Lipinski definition) is 2. The van der Waals surface area contributed by atoms with Crippen LogP contribution in [-0.4, -0.2) is 59.6 Å². The second-order valence-corrected chi connectivity index (χ2v) is 10.0. The third-order valence-electron chi connectivity index (χ3n) is 7.00. The van der Waals surface area contributed by atoms with Crippen LogP contribution in [0.25, 0.3) is 0 Å². The van der Waals surface area contributed by atoms with Crippen LogP contribution in [0.4, 0.5) is 0 Å². The Kier molecular flexibility index (Phi) is 10.7. The van der Waals surface area contributed by atoms with Crippen molar-refractivity contribution < 1.29 is 48.3 Å². The van der Waals surface area contributed by atoms with Crippen LogP contribution in [0.1, 0.15) is 91.1 Å². The number of ketones is 2. The highest BCUT2D eigenvalue weighted by atomic mass is 16.5. The fourth-order valence-corrected chi connectivity index (χ4v) is 4.99. The topological polar surface area (TPSA) is 146 Å². The minimum Gasteiger partial charge on any atom is -0.496 e. The molecule has 0 spiro atoms. The van der Waals surface area contributed by atoms with E-state index in [0.717, 1.165) is 12.0 Å². The number of rotatable bonds is 16. The van der Waals surface area contributed by atoms with Crippen LogP contribution in [-0.2, 0) is 22.4 Å². The van der Waals surface area contributed by atoms with Crippen LogP contribution in [0.3, 0.4) is 0 Å². The summed E-state index contributed by atoms with van der Waals surface area (Å²) in [5.74, 6) is -1.25. The Morgan fingerprint density at radius 2 is 1.56 bits per heavy atom. The van der Waals surface area contributed by atoms with Crippen LogP contribution in [0.5, 0.6) is 23.0 Å².